The van der Waals surface area contributed by atoms with Crippen LogP contribution < -0.4 is 9.67 Å². The molecule has 0 saturated heterocycles. The molecule has 2 heterocycles. The van der Waals surface area contributed by atoms with Gasteiger partial charge in [0.25, 0.3) is 0 Å². The fourth-order valence-electron chi connectivity index (χ4n) is 2.15. The van der Waals surface area contributed by atoms with Crippen LogP contribution in [0.2, 0.25) is 0 Å². The number of carbonyl (C=O) groups excluding carboxylic acids is 1. The highest BCUT2D eigenvalue weighted by molar-refractivity contribution is 7.17. The number of hydrogen-bond donors (Lipinski definition) is 0. The van der Waals surface area contributed by atoms with Crippen molar-refractivity contribution in [2.24, 2.45) is 7.05 Å². The zero-order valence-electron chi connectivity index (χ0n) is 10.3. The van der Waals surface area contributed by atoms with E-state index < -0.39 is 5.97 Å². The molecule has 0 fully saturated rings. The Morgan fingerprint density at radius 3 is 2.74 bits per heavy atom. The standard InChI is InChI=1S/C15H11NO2S/c1-16-9-11(8-10-4-2-3-5-12(10)16)13-6-7-14(19-13)15(17)18/h2-9H,1H3. The molecule has 0 spiro atoms. The third-order valence-corrected chi connectivity index (χ3v) is 4.17. The molecule has 0 saturated carbocycles. The number of rotatable bonds is 2. The second-order valence-corrected chi connectivity index (χ2v) is 5.43. The highest BCUT2D eigenvalue weighted by Gasteiger charge is 2.10. The fraction of sp³-hybridized carbons (Fsp3) is 0.0667. The lowest BCUT2D eigenvalue weighted by molar-refractivity contribution is -0.644. The molecule has 0 aliphatic carbocycles. The molecule has 0 N–H and O–H groups in total. The van der Waals surface area contributed by atoms with Gasteiger partial charge in [0, 0.05) is 16.3 Å². The van der Waals surface area contributed by atoms with Crippen LogP contribution in [-0.2, 0) is 7.05 Å². The first kappa shape index (κ1) is 11.9. The Bertz CT molecular complexity index is 777. The van der Waals surface area contributed by atoms with Crippen LogP contribution in [0, 0.1) is 0 Å². The van der Waals surface area contributed by atoms with Gasteiger partial charge in [-0.3, -0.25) is 0 Å². The maximum absolute atomic E-state index is 10.8. The molecular formula is C15H11NO2S. The Morgan fingerprint density at radius 1 is 1.21 bits per heavy atom. The van der Waals surface area contributed by atoms with Gasteiger partial charge in [-0.05, 0) is 24.3 Å². The van der Waals surface area contributed by atoms with Crippen molar-refractivity contribution in [3.05, 3.63) is 53.5 Å². The average Bonchev–Trinajstić information content (AvgIpc) is 2.88. The summed E-state index contributed by atoms with van der Waals surface area (Å²) in [4.78, 5) is 12.0. The van der Waals surface area contributed by atoms with Crippen LogP contribution in [0.1, 0.15) is 9.67 Å². The predicted octanol–water partition coefficient (Wildman–Crippen LogP) is 1.76. The van der Waals surface area contributed by atoms with Crippen LogP contribution >= 0.6 is 11.3 Å². The van der Waals surface area contributed by atoms with Gasteiger partial charge in [0.2, 0.25) is 5.52 Å². The fourth-order valence-corrected chi connectivity index (χ4v) is 2.97. The number of hydrogen-bond acceptors (Lipinski definition) is 3. The first-order valence-corrected chi connectivity index (χ1v) is 6.67. The van der Waals surface area contributed by atoms with E-state index in [0.29, 0.717) is 0 Å². The van der Waals surface area contributed by atoms with E-state index >= 15 is 0 Å². The number of nitrogens with zero attached hydrogens (tertiary/aromatic N) is 1. The highest BCUT2D eigenvalue weighted by Crippen LogP contribution is 2.28. The van der Waals surface area contributed by atoms with Crippen LogP contribution in [0.25, 0.3) is 21.3 Å². The molecule has 2 aromatic heterocycles. The average molecular weight is 269 g/mol. The number of benzene rings is 1. The van der Waals surface area contributed by atoms with E-state index in [1.54, 1.807) is 6.07 Å². The minimum absolute atomic E-state index is 0.255. The summed E-state index contributed by atoms with van der Waals surface area (Å²) in [6, 6.07) is 13.6. The number of para-hydroxylation sites is 1. The minimum Gasteiger partial charge on any atom is -0.544 e. The smallest absolute Gasteiger partial charge is 0.212 e. The van der Waals surface area contributed by atoms with Crippen LogP contribution in [-0.4, -0.2) is 5.97 Å². The van der Waals surface area contributed by atoms with E-state index in [1.165, 1.54) is 11.3 Å². The monoisotopic (exact) mass is 269 g/mol. The van der Waals surface area contributed by atoms with Gasteiger partial charge in [-0.1, -0.05) is 12.1 Å². The number of aromatic nitrogens is 1. The molecule has 0 radical (unpaired) electrons. The second-order valence-electron chi connectivity index (χ2n) is 4.35. The van der Waals surface area contributed by atoms with Crippen molar-refractivity contribution in [1.82, 2.24) is 0 Å². The summed E-state index contributed by atoms with van der Waals surface area (Å²) < 4.78 is 2.04. The molecule has 0 aliphatic heterocycles. The van der Waals surface area contributed by atoms with Gasteiger partial charge in [0.15, 0.2) is 6.20 Å². The summed E-state index contributed by atoms with van der Waals surface area (Å²) >= 11 is 1.24. The molecule has 0 bridgehead atoms. The van der Waals surface area contributed by atoms with Crippen molar-refractivity contribution in [3.63, 3.8) is 0 Å². The maximum Gasteiger partial charge on any atom is 0.212 e. The molecule has 0 atom stereocenters. The first-order valence-electron chi connectivity index (χ1n) is 5.85. The van der Waals surface area contributed by atoms with Crippen molar-refractivity contribution in [1.29, 1.82) is 0 Å². The zero-order chi connectivity index (χ0) is 13.4. The number of carbonyl (C=O) groups is 1. The quantitative estimate of drug-likeness (QED) is 0.665. The molecule has 0 unspecified atom stereocenters. The van der Waals surface area contributed by atoms with Crippen molar-refractivity contribution in [2.75, 3.05) is 0 Å². The molecule has 19 heavy (non-hydrogen) atoms. The van der Waals surface area contributed by atoms with E-state index in [4.69, 9.17) is 0 Å². The van der Waals surface area contributed by atoms with Gasteiger partial charge in [0.05, 0.1) is 16.4 Å². The SMILES string of the molecule is C[n+]1cc(-c2ccc(C(=O)[O-])s2)cc2ccccc21. The summed E-state index contributed by atoms with van der Waals surface area (Å²) in [6.45, 7) is 0. The van der Waals surface area contributed by atoms with Crippen LogP contribution in [0.3, 0.4) is 0 Å². The number of pyridine rings is 1. The van der Waals surface area contributed by atoms with Gasteiger partial charge in [0.1, 0.15) is 7.05 Å². The lowest BCUT2D eigenvalue weighted by Crippen LogP contribution is -2.28. The van der Waals surface area contributed by atoms with Crippen LogP contribution in [0.4, 0.5) is 0 Å². The van der Waals surface area contributed by atoms with Gasteiger partial charge in [-0.15, -0.1) is 11.3 Å². The molecule has 3 rings (SSSR count). The molecule has 94 valence electrons. The number of carboxylic acid groups (broad SMARTS) is 1. The molecule has 1 aromatic carbocycles. The highest BCUT2D eigenvalue weighted by atomic mass is 32.1. The Kier molecular flexibility index (Phi) is 2.80. The molecule has 3 nitrogen and oxygen atoms in total. The lowest BCUT2D eigenvalue weighted by atomic mass is 10.1. The second kappa shape index (κ2) is 4.48. The number of aromatic carboxylic acids is 1. The van der Waals surface area contributed by atoms with Gasteiger partial charge >= 0.3 is 0 Å². The summed E-state index contributed by atoms with van der Waals surface area (Å²) in [6.07, 6.45) is 2.01. The number of aryl methyl sites for hydroxylation is 1. The topological polar surface area (TPSA) is 44.0 Å². The minimum atomic E-state index is -1.12. The van der Waals surface area contributed by atoms with Crippen molar-refractivity contribution in [3.8, 4) is 10.4 Å². The van der Waals surface area contributed by atoms with E-state index in [9.17, 15) is 9.90 Å². The van der Waals surface area contributed by atoms with Crippen molar-refractivity contribution in [2.45, 2.75) is 0 Å². The normalized spacial score (nSPS) is 10.8. The Labute approximate surface area is 114 Å². The summed E-state index contributed by atoms with van der Waals surface area (Å²) in [5.41, 5.74) is 2.15. The van der Waals surface area contributed by atoms with Crippen molar-refractivity contribution < 1.29 is 14.5 Å². The predicted molar refractivity (Wildman–Crippen MR) is 72.8 cm³/mol. The summed E-state index contributed by atoms with van der Waals surface area (Å²) in [5.74, 6) is -1.12. The molecule has 0 aliphatic rings. The largest absolute Gasteiger partial charge is 0.544 e. The van der Waals surface area contributed by atoms with Gasteiger partial charge in [-0.25, -0.2) is 4.57 Å². The number of fused-ring (bicyclic) bond motifs is 1. The van der Waals surface area contributed by atoms with E-state index in [0.717, 1.165) is 21.3 Å². The number of carboxylic acids is 1. The molecule has 3 aromatic rings. The number of thiophene rings is 1. The maximum atomic E-state index is 10.8. The van der Waals surface area contributed by atoms with Crippen molar-refractivity contribution >= 4 is 28.2 Å². The third-order valence-electron chi connectivity index (χ3n) is 3.05. The summed E-state index contributed by atoms with van der Waals surface area (Å²) in [5, 5.41) is 11.9. The van der Waals surface area contributed by atoms with Gasteiger partial charge < -0.3 is 9.90 Å². The zero-order valence-corrected chi connectivity index (χ0v) is 11.1. The lowest BCUT2D eigenvalue weighted by Gasteiger charge is -2.00. The Hall–Kier alpha value is -2.20. The van der Waals surface area contributed by atoms with E-state index in [2.05, 4.69) is 12.1 Å². The summed E-state index contributed by atoms with van der Waals surface area (Å²) in [7, 11) is 1.99. The first-order chi connectivity index (χ1) is 9.15. The third kappa shape index (κ3) is 2.11. The van der Waals surface area contributed by atoms with Crippen LogP contribution in [0.15, 0.2) is 48.7 Å². The van der Waals surface area contributed by atoms with Gasteiger partial charge in [-0.2, -0.15) is 0 Å². The van der Waals surface area contributed by atoms with E-state index in [-0.39, 0.29) is 4.88 Å². The van der Waals surface area contributed by atoms with Crippen LogP contribution in [0.5, 0.6) is 0 Å². The molecule has 4 heteroatoms. The molecule has 0 amide bonds. The Morgan fingerprint density at radius 2 is 2.00 bits per heavy atom. The Balaban J connectivity index is 2.16. The molecular weight excluding hydrogens is 258 g/mol. The van der Waals surface area contributed by atoms with E-state index in [1.807, 2.05) is 42.1 Å².